The zero-order valence-electron chi connectivity index (χ0n) is 49.5. The fraction of sp³-hybridized carbons (Fsp3) is 0.190. The Morgan fingerprint density at radius 2 is 0.989 bits per heavy atom. The van der Waals surface area contributed by atoms with Gasteiger partial charge in [0.2, 0.25) is 5.91 Å². The molecule has 4 aromatic carbocycles. The lowest BCUT2D eigenvalue weighted by atomic mass is 10.1. The van der Waals surface area contributed by atoms with E-state index in [1.165, 1.54) is 92.6 Å². The van der Waals surface area contributed by atoms with Crippen molar-refractivity contribution in [3.8, 4) is 46.0 Å². The number of amides is 5. The highest BCUT2D eigenvalue weighted by Gasteiger charge is 2.36. The van der Waals surface area contributed by atoms with E-state index >= 15 is 0 Å². The molecule has 0 radical (unpaired) electrons. The smallest absolute Gasteiger partial charge is 0.438 e. The molecule has 484 valence electrons. The summed E-state index contributed by atoms with van der Waals surface area (Å²) in [5, 5.41) is 46.3. The van der Waals surface area contributed by atoms with E-state index in [1.54, 1.807) is 78.9 Å². The number of aromatic amines is 1. The monoisotopic (exact) mass is 1410 g/mol. The average molecular weight is 1410 g/mol. The van der Waals surface area contributed by atoms with E-state index in [0.29, 0.717) is 67.1 Å². The minimum atomic E-state index is -2.72. The highest BCUT2D eigenvalue weighted by atomic mass is 32.2. The van der Waals surface area contributed by atoms with Gasteiger partial charge in [-0.1, -0.05) is 132 Å². The van der Waals surface area contributed by atoms with Gasteiger partial charge in [0.05, 0.1) is 65.4 Å². The standard InChI is InChI=1S/C15H13N3O5S.C15H16N2O5S3.C14H14N2O4S2.C14H13NO4S2/c1-8-18(7-12-16-15(21)23-17-12)14(20)11(24-8)6-9-4-3-5-10(22-2)13(9)19;1-22-10-6-4-5-9(13(10)19)7-11-14(20)17(15(23)24-11)8-12(18)16-25(2,3)21;1-15-11(17)7-16-13(19)10(22-14(16)21)6-8-4-3-5-9(20-2)12(8)18;1-8(16)7-15-13(18)11(21-14(15)20)6-9-4-3-5-10(19-2)12(9)17/h3-6,19H,1,7H2,2H3,(H,16,17,21);4-7,19H,2,8H2,1,3H3,(H,16,18,21);3-6,18H,7H2,1-2H3,(H,15,17);3-6,17H,7H2,1-2H3/b11-6-;11-7-;10-6-;11-6-. The zero-order valence-corrected chi connectivity index (χ0v) is 56.0. The predicted octanol–water partition coefficient (Wildman–Crippen LogP) is 4.11. The topological polar surface area (TPSA) is 352 Å². The number of methoxy groups -OCH3 is 4. The molecule has 5 heterocycles. The third kappa shape index (κ3) is 18.6. The second-order valence-corrected chi connectivity index (χ2v) is 27.1. The van der Waals surface area contributed by atoms with Gasteiger partial charge in [-0.05, 0) is 61.4 Å². The molecule has 92 heavy (non-hydrogen) atoms. The first kappa shape index (κ1) is 72.0. The summed E-state index contributed by atoms with van der Waals surface area (Å²) >= 11 is 19.7. The number of phenolic OH excluding ortho intramolecular Hbond substituents is 4. The summed E-state index contributed by atoms with van der Waals surface area (Å²) in [5.41, 5.74) is 1.43. The molecular weight excluding hydrogens is 1350 g/mol. The molecule has 1 unspecified atom stereocenters. The van der Waals surface area contributed by atoms with Crippen LogP contribution >= 0.6 is 83.3 Å². The van der Waals surface area contributed by atoms with Gasteiger partial charge in [0.25, 0.3) is 29.2 Å². The molecule has 2 aromatic heterocycles. The highest BCUT2D eigenvalue weighted by Crippen LogP contribution is 2.40. The summed E-state index contributed by atoms with van der Waals surface area (Å²) in [6.07, 6.45) is 7.37. The van der Waals surface area contributed by atoms with E-state index in [0.717, 1.165) is 40.2 Å². The van der Waals surface area contributed by atoms with Crippen LogP contribution in [0, 0.1) is 0 Å². The van der Waals surface area contributed by atoms with Crippen molar-refractivity contribution in [3.05, 3.63) is 146 Å². The lowest BCUT2D eigenvalue weighted by Crippen LogP contribution is -2.41. The number of hydrogen-bond donors (Lipinski definition) is 7. The molecule has 0 saturated carbocycles. The third-order valence-electron chi connectivity index (χ3n) is 12.1. The maximum atomic E-state index is 12.5. The van der Waals surface area contributed by atoms with Gasteiger partial charge in [0.15, 0.2) is 51.8 Å². The summed E-state index contributed by atoms with van der Waals surface area (Å²) in [6, 6.07) is 19.8. The molecule has 1 atom stereocenters. The number of H-pyrrole nitrogens is 1. The molecule has 9 rings (SSSR count). The van der Waals surface area contributed by atoms with E-state index in [1.807, 2.05) is 0 Å². The molecule has 6 aromatic rings. The Bertz CT molecular complexity index is 4400. The van der Waals surface area contributed by atoms with E-state index in [9.17, 15) is 63.0 Å². The van der Waals surface area contributed by atoms with Crippen molar-refractivity contribution in [1.82, 2.24) is 39.4 Å². The van der Waals surface area contributed by atoms with Gasteiger partial charge in [-0.3, -0.25) is 67.1 Å². The Balaban J connectivity index is 0.000000195. The van der Waals surface area contributed by atoms with Gasteiger partial charge in [-0.25, -0.2) is 9.00 Å². The van der Waals surface area contributed by atoms with Crippen LogP contribution in [0.2, 0.25) is 0 Å². The molecule has 3 saturated heterocycles. The number of ether oxygens (including phenoxy) is 4. The van der Waals surface area contributed by atoms with E-state index in [-0.39, 0.29) is 99.0 Å². The van der Waals surface area contributed by atoms with Gasteiger partial charge in [-0.15, -0.1) is 11.3 Å². The van der Waals surface area contributed by atoms with E-state index in [2.05, 4.69) is 37.2 Å². The number of carbonyl (C=O) groups excluding carboxylic acids is 6. The third-order valence-corrected chi connectivity index (χ3v) is 17.9. The molecule has 3 aliphatic heterocycles. The number of ketones is 1. The SMILES string of the molecule is C=S(C)(=O)NC(=O)CN1C(=O)/C(=C/c2cccc(OC)c2O)SC1=S.C=c1s/c(=C\c2cccc(OC)c2O)c(=O)n1Cc1noc(=O)[nH]1.CNC(=O)CN1C(=O)/C(=C/c2cccc(OC)c2O)SC1=S.COc1cccc(/C=C2\SC(=S)N(CC(C)=O)C2=O)c1O. The normalized spacial score (nSPS) is 15.8. The minimum absolute atomic E-state index is 0.0356. The quantitative estimate of drug-likeness (QED) is 0.0499. The van der Waals surface area contributed by atoms with Gasteiger partial charge in [0, 0.05) is 45.3 Å². The number of likely N-dealkylation sites (N-methyl/N-ethyl adjacent to an activating group) is 1. The molecule has 0 spiro atoms. The Labute approximate surface area is 557 Å². The van der Waals surface area contributed by atoms with Gasteiger partial charge < -0.3 is 44.7 Å². The van der Waals surface area contributed by atoms with Crippen LogP contribution in [-0.2, 0) is 45.0 Å². The van der Waals surface area contributed by atoms with Crippen molar-refractivity contribution in [3.63, 3.8) is 0 Å². The number of para-hydroxylation sites is 4. The summed E-state index contributed by atoms with van der Waals surface area (Å²) in [5.74, 6) is 1.60. The van der Waals surface area contributed by atoms with Gasteiger partial charge in [-0.2, -0.15) is 0 Å². The van der Waals surface area contributed by atoms with Crippen molar-refractivity contribution in [2.75, 3.05) is 61.4 Å². The van der Waals surface area contributed by atoms with Crippen LogP contribution in [-0.4, -0.2) is 170 Å². The van der Waals surface area contributed by atoms with E-state index in [4.69, 9.17) is 55.6 Å². The largest absolute Gasteiger partial charge is 0.504 e. The summed E-state index contributed by atoms with van der Waals surface area (Å²) in [4.78, 5) is 102. The fourth-order valence-corrected chi connectivity index (χ4v) is 13.0. The number of phenols is 4. The number of aromatic nitrogens is 3. The van der Waals surface area contributed by atoms with Crippen LogP contribution in [0.3, 0.4) is 0 Å². The average Bonchev–Trinajstić information content (AvgIpc) is 1.79. The van der Waals surface area contributed by atoms with Gasteiger partial charge in [0.1, 0.15) is 31.8 Å². The van der Waals surface area contributed by atoms with Gasteiger partial charge >= 0.3 is 5.76 Å². The maximum absolute atomic E-state index is 12.5. The number of aromatic hydroxyl groups is 4. The molecule has 3 fully saturated rings. The Kier molecular flexibility index (Phi) is 25.3. The van der Waals surface area contributed by atoms with Crippen molar-refractivity contribution < 1.29 is 76.9 Å². The number of thiocarbonyl (C=S) groups is 3. The van der Waals surface area contributed by atoms with Crippen LogP contribution < -0.4 is 49.5 Å². The van der Waals surface area contributed by atoms with Crippen LogP contribution in [0.25, 0.3) is 30.9 Å². The number of benzene rings is 4. The molecule has 0 bridgehead atoms. The molecule has 34 heteroatoms. The Morgan fingerprint density at radius 3 is 1.32 bits per heavy atom. The van der Waals surface area contributed by atoms with Crippen LogP contribution in [0.4, 0.5) is 0 Å². The van der Waals surface area contributed by atoms with Crippen LogP contribution in [0.5, 0.6) is 46.0 Å². The molecular formula is C58H56N8O18S8. The molecule has 0 aliphatic carbocycles. The van der Waals surface area contributed by atoms with Crippen molar-refractivity contribution in [2.45, 2.75) is 13.5 Å². The van der Waals surface area contributed by atoms with Crippen molar-refractivity contribution in [1.29, 1.82) is 0 Å². The number of nitrogens with one attached hydrogen (secondary N) is 3. The first-order valence-corrected chi connectivity index (χ1v) is 32.6. The second kappa shape index (κ2) is 32.3. The highest BCUT2D eigenvalue weighted by molar-refractivity contribution is 8.27. The maximum Gasteiger partial charge on any atom is 0.438 e. The minimum Gasteiger partial charge on any atom is -0.504 e. The number of Topliss-reactive ketones (excluding diaryl/α,β-unsaturated/α-hetero) is 1. The lowest BCUT2D eigenvalue weighted by Gasteiger charge is -2.14. The Hall–Kier alpha value is -9.03. The lowest BCUT2D eigenvalue weighted by molar-refractivity contribution is -0.128. The van der Waals surface area contributed by atoms with Crippen LogP contribution in [0.1, 0.15) is 35.0 Å². The first-order chi connectivity index (χ1) is 43.5. The predicted molar refractivity (Wildman–Crippen MR) is 365 cm³/mol. The van der Waals surface area contributed by atoms with Crippen molar-refractivity contribution in [2.24, 2.45) is 0 Å². The fourth-order valence-electron chi connectivity index (χ4n) is 7.82. The first-order valence-electron chi connectivity index (χ1n) is 26.0. The second-order valence-electron chi connectivity index (χ2n) is 18.7. The molecule has 3 aliphatic rings. The van der Waals surface area contributed by atoms with E-state index < -0.39 is 27.3 Å². The summed E-state index contributed by atoms with van der Waals surface area (Å²) in [7, 11) is 4.53. The number of thiazole rings is 1. The number of carbonyl (C=O) groups is 6. The molecule has 26 nitrogen and oxygen atoms in total. The van der Waals surface area contributed by atoms with Crippen molar-refractivity contribution >= 4 is 178 Å². The summed E-state index contributed by atoms with van der Waals surface area (Å²) < 4.78 is 41.3. The summed E-state index contributed by atoms with van der Waals surface area (Å²) in [6.45, 7) is 4.75. The number of thioether (sulfide) groups is 3. The number of rotatable bonds is 17. The number of hydrogen-bond acceptors (Lipinski definition) is 26. The molecule has 7 N–H and O–H groups in total. The number of nitrogens with zero attached hydrogens (tertiary/aromatic N) is 5. The van der Waals surface area contributed by atoms with Crippen LogP contribution in [0.15, 0.2) is 102 Å². The molecule has 5 amide bonds. The Morgan fingerprint density at radius 1 is 0.630 bits per heavy atom. The zero-order chi connectivity index (χ0) is 67.9.